The van der Waals surface area contributed by atoms with Crippen LogP contribution >= 0.6 is 15.9 Å². The Morgan fingerprint density at radius 3 is 2.55 bits per heavy atom. The number of nitrogens with one attached hydrogen (secondary N) is 1. The lowest BCUT2D eigenvalue weighted by Crippen LogP contribution is -2.49. The van der Waals surface area contributed by atoms with Gasteiger partial charge in [-0.1, -0.05) is 0 Å². The van der Waals surface area contributed by atoms with Gasteiger partial charge in [0, 0.05) is 45.0 Å². The molecule has 110 valence electrons. The van der Waals surface area contributed by atoms with Gasteiger partial charge in [0.05, 0.1) is 4.47 Å². The molecule has 0 atom stereocenters. The first kappa shape index (κ1) is 15.2. The Morgan fingerprint density at radius 2 is 1.95 bits per heavy atom. The van der Waals surface area contributed by atoms with E-state index in [1.54, 1.807) is 12.4 Å². The van der Waals surface area contributed by atoms with Crippen LogP contribution in [0.3, 0.4) is 0 Å². The number of hydrogen-bond donors (Lipinski definition) is 1. The van der Waals surface area contributed by atoms with Crippen LogP contribution in [0.2, 0.25) is 0 Å². The minimum atomic E-state index is 0.247. The van der Waals surface area contributed by atoms with Crippen molar-refractivity contribution in [3.05, 3.63) is 16.9 Å². The van der Waals surface area contributed by atoms with E-state index in [2.05, 4.69) is 36.1 Å². The van der Waals surface area contributed by atoms with Crippen LogP contribution in [-0.4, -0.2) is 60.5 Å². The highest BCUT2D eigenvalue weighted by Gasteiger charge is 2.21. The van der Waals surface area contributed by atoms with E-state index in [9.17, 15) is 4.79 Å². The second kappa shape index (κ2) is 7.54. The number of anilines is 1. The van der Waals surface area contributed by atoms with Crippen molar-refractivity contribution in [1.82, 2.24) is 20.2 Å². The molecule has 20 heavy (non-hydrogen) atoms. The van der Waals surface area contributed by atoms with Crippen molar-refractivity contribution in [1.29, 1.82) is 0 Å². The Morgan fingerprint density at radius 1 is 1.30 bits per heavy atom. The lowest BCUT2D eigenvalue weighted by Gasteiger charge is -2.34. The lowest BCUT2D eigenvalue weighted by molar-refractivity contribution is -0.131. The summed E-state index contributed by atoms with van der Waals surface area (Å²) >= 11 is 3.33. The fourth-order valence-electron chi connectivity index (χ4n) is 2.20. The molecule has 0 spiro atoms. The molecule has 1 aliphatic heterocycles. The van der Waals surface area contributed by atoms with Gasteiger partial charge in [-0.2, -0.15) is 0 Å². The zero-order chi connectivity index (χ0) is 14.4. The summed E-state index contributed by atoms with van der Waals surface area (Å²) in [4.78, 5) is 24.6. The van der Waals surface area contributed by atoms with Gasteiger partial charge in [-0.3, -0.25) is 4.79 Å². The van der Waals surface area contributed by atoms with Crippen LogP contribution in [0, 0.1) is 0 Å². The Labute approximate surface area is 127 Å². The van der Waals surface area contributed by atoms with E-state index in [-0.39, 0.29) is 5.91 Å². The van der Waals surface area contributed by atoms with Crippen LogP contribution < -0.4 is 10.2 Å². The van der Waals surface area contributed by atoms with E-state index in [0.717, 1.165) is 49.6 Å². The highest BCUT2D eigenvalue weighted by Crippen LogP contribution is 2.13. The van der Waals surface area contributed by atoms with Gasteiger partial charge in [0.2, 0.25) is 11.9 Å². The Kier molecular flexibility index (Phi) is 5.72. The Balaban J connectivity index is 1.80. The molecule has 2 rings (SSSR count). The highest BCUT2D eigenvalue weighted by molar-refractivity contribution is 9.10. The smallest absolute Gasteiger partial charge is 0.225 e. The van der Waals surface area contributed by atoms with Gasteiger partial charge in [0.25, 0.3) is 0 Å². The van der Waals surface area contributed by atoms with Crippen LogP contribution in [0.25, 0.3) is 0 Å². The van der Waals surface area contributed by atoms with E-state index in [1.165, 1.54) is 0 Å². The summed E-state index contributed by atoms with van der Waals surface area (Å²) in [5, 5.41) is 3.06. The molecule has 0 bridgehead atoms. The van der Waals surface area contributed by atoms with Gasteiger partial charge in [-0.05, 0) is 35.9 Å². The van der Waals surface area contributed by atoms with E-state index >= 15 is 0 Å². The molecule has 1 N–H and O–H groups in total. The average Bonchev–Trinajstić information content (AvgIpc) is 2.48. The van der Waals surface area contributed by atoms with E-state index < -0.39 is 0 Å². The lowest BCUT2D eigenvalue weighted by atomic mass is 10.2. The van der Waals surface area contributed by atoms with Crippen molar-refractivity contribution in [3.63, 3.8) is 0 Å². The predicted octanol–water partition coefficient (Wildman–Crippen LogP) is 0.887. The number of aromatic nitrogens is 2. The monoisotopic (exact) mass is 341 g/mol. The second-order valence-electron chi connectivity index (χ2n) is 4.78. The highest BCUT2D eigenvalue weighted by atomic mass is 79.9. The van der Waals surface area contributed by atoms with Crippen LogP contribution in [-0.2, 0) is 4.79 Å². The maximum absolute atomic E-state index is 12.0. The summed E-state index contributed by atoms with van der Waals surface area (Å²) in [7, 11) is 1.90. The number of rotatable bonds is 5. The van der Waals surface area contributed by atoms with Gasteiger partial charge < -0.3 is 15.1 Å². The molecule has 7 heteroatoms. The minimum Gasteiger partial charge on any atom is -0.339 e. The molecule has 0 aromatic carbocycles. The molecular weight excluding hydrogens is 322 g/mol. The molecule has 2 heterocycles. The van der Waals surface area contributed by atoms with Crippen molar-refractivity contribution >= 4 is 27.8 Å². The summed E-state index contributed by atoms with van der Waals surface area (Å²) in [5.74, 6) is 0.979. The molecule has 0 unspecified atom stereocenters. The quantitative estimate of drug-likeness (QED) is 0.806. The summed E-state index contributed by atoms with van der Waals surface area (Å²) in [6.07, 6.45) is 5.01. The Bertz CT molecular complexity index is 431. The number of hydrogen-bond acceptors (Lipinski definition) is 5. The van der Waals surface area contributed by atoms with Gasteiger partial charge in [0.1, 0.15) is 0 Å². The third-order valence-corrected chi connectivity index (χ3v) is 3.75. The van der Waals surface area contributed by atoms with Gasteiger partial charge in [0.15, 0.2) is 0 Å². The van der Waals surface area contributed by atoms with E-state index in [0.29, 0.717) is 6.42 Å². The number of piperazine rings is 1. The summed E-state index contributed by atoms with van der Waals surface area (Å²) in [6, 6.07) is 0. The third-order valence-electron chi connectivity index (χ3n) is 3.34. The molecule has 0 radical (unpaired) electrons. The van der Waals surface area contributed by atoms with Gasteiger partial charge >= 0.3 is 0 Å². The largest absolute Gasteiger partial charge is 0.339 e. The summed E-state index contributed by atoms with van der Waals surface area (Å²) in [6.45, 7) is 3.97. The van der Waals surface area contributed by atoms with Crippen molar-refractivity contribution in [3.8, 4) is 0 Å². The fraction of sp³-hybridized carbons (Fsp3) is 0.615. The maximum atomic E-state index is 12.0. The van der Waals surface area contributed by atoms with E-state index in [1.807, 2.05) is 11.9 Å². The minimum absolute atomic E-state index is 0.247. The molecule has 1 fully saturated rings. The van der Waals surface area contributed by atoms with Crippen molar-refractivity contribution in [2.75, 3.05) is 44.7 Å². The number of amides is 1. The van der Waals surface area contributed by atoms with Gasteiger partial charge in [-0.15, -0.1) is 0 Å². The van der Waals surface area contributed by atoms with Crippen molar-refractivity contribution < 1.29 is 4.79 Å². The molecule has 0 saturated carbocycles. The molecular formula is C13H20BrN5O. The van der Waals surface area contributed by atoms with Crippen molar-refractivity contribution in [2.24, 2.45) is 0 Å². The first-order chi connectivity index (χ1) is 9.70. The van der Waals surface area contributed by atoms with Crippen LogP contribution in [0.5, 0.6) is 0 Å². The molecule has 1 aromatic rings. The topological polar surface area (TPSA) is 61.4 Å². The maximum Gasteiger partial charge on any atom is 0.225 e. The first-order valence-corrected chi connectivity index (χ1v) is 7.65. The molecule has 1 amide bonds. The Hall–Kier alpha value is -1.21. The molecule has 1 saturated heterocycles. The molecule has 1 aliphatic rings. The summed E-state index contributed by atoms with van der Waals surface area (Å²) in [5.41, 5.74) is 0. The summed E-state index contributed by atoms with van der Waals surface area (Å²) < 4.78 is 0.875. The van der Waals surface area contributed by atoms with Crippen LogP contribution in [0.15, 0.2) is 16.9 Å². The standard InChI is InChI=1S/C13H20BrN5O/c1-15-4-2-3-12(20)18-5-7-19(8-6-18)13-16-9-11(14)10-17-13/h9-10,15H,2-8H2,1H3. The average molecular weight is 342 g/mol. The molecule has 6 nitrogen and oxygen atoms in total. The van der Waals surface area contributed by atoms with E-state index in [4.69, 9.17) is 0 Å². The third kappa shape index (κ3) is 4.14. The van der Waals surface area contributed by atoms with Gasteiger partial charge in [-0.25, -0.2) is 9.97 Å². The zero-order valence-electron chi connectivity index (χ0n) is 11.7. The van der Waals surface area contributed by atoms with Crippen LogP contribution in [0.1, 0.15) is 12.8 Å². The van der Waals surface area contributed by atoms with Crippen molar-refractivity contribution in [2.45, 2.75) is 12.8 Å². The number of carbonyl (C=O) groups is 1. The number of halogens is 1. The normalized spacial score (nSPS) is 15.5. The zero-order valence-corrected chi connectivity index (χ0v) is 13.3. The number of nitrogens with zero attached hydrogens (tertiary/aromatic N) is 4. The first-order valence-electron chi connectivity index (χ1n) is 6.85. The molecule has 1 aromatic heterocycles. The fourth-order valence-corrected chi connectivity index (χ4v) is 2.40. The molecule has 0 aliphatic carbocycles. The SMILES string of the molecule is CNCCCC(=O)N1CCN(c2ncc(Br)cn2)CC1. The van der Waals surface area contributed by atoms with Crippen LogP contribution in [0.4, 0.5) is 5.95 Å². The number of carbonyl (C=O) groups excluding carboxylic acids is 1. The predicted molar refractivity (Wildman–Crippen MR) is 81.7 cm³/mol. The second-order valence-corrected chi connectivity index (χ2v) is 5.69.